The maximum absolute atomic E-state index is 13.3. The number of nitrogens with zero attached hydrogens (tertiary/aromatic N) is 3. The molecule has 0 saturated carbocycles. The number of amides is 1. The lowest BCUT2D eigenvalue weighted by molar-refractivity contribution is -0.113. The Morgan fingerprint density at radius 2 is 2.16 bits per heavy atom. The third-order valence-corrected chi connectivity index (χ3v) is 5.95. The molecule has 130 valence electrons. The van der Waals surface area contributed by atoms with Gasteiger partial charge < -0.3 is 5.32 Å². The maximum Gasteiger partial charge on any atom is 0.345 e. The van der Waals surface area contributed by atoms with Crippen LogP contribution >= 0.6 is 27.3 Å². The second-order valence-corrected chi connectivity index (χ2v) is 8.25. The van der Waals surface area contributed by atoms with Gasteiger partial charge in [-0.15, -0.1) is 15.7 Å². The predicted octanol–water partition coefficient (Wildman–Crippen LogP) is 2.55. The van der Waals surface area contributed by atoms with Crippen LogP contribution in [-0.2, 0) is 15.0 Å². The molecule has 1 aromatic carbocycles. The summed E-state index contributed by atoms with van der Waals surface area (Å²) in [7, 11) is -2.82. The Kier molecular flexibility index (Phi) is 4.71. The Bertz CT molecular complexity index is 1000. The summed E-state index contributed by atoms with van der Waals surface area (Å²) in [5.41, 5.74) is 0.266. The van der Waals surface area contributed by atoms with Crippen LogP contribution in [0.4, 0.5) is 10.1 Å². The fraction of sp³-hybridized carbons (Fsp3) is 0.0714. The van der Waals surface area contributed by atoms with E-state index in [1.807, 2.05) is 0 Å². The minimum atomic E-state index is -4.05. The quantitative estimate of drug-likeness (QED) is 0.786. The van der Waals surface area contributed by atoms with E-state index in [2.05, 4.69) is 30.6 Å². The molecule has 0 saturated heterocycles. The summed E-state index contributed by atoms with van der Waals surface area (Å²) in [6.07, 6.45) is 2.85. The topological polar surface area (TPSA) is 91.7 Å². The zero-order valence-corrected chi connectivity index (χ0v) is 15.8. The highest BCUT2D eigenvalue weighted by Crippen LogP contribution is 2.23. The van der Waals surface area contributed by atoms with E-state index in [1.165, 1.54) is 48.9 Å². The van der Waals surface area contributed by atoms with Gasteiger partial charge in [0.1, 0.15) is 22.2 Å². The monoisotopic (exact) mass is 444 g/mol. The molecule has 1 amide bonds. The Morgan fingerprint density at radius 1 is 1.40 bits per heavy atom. The van der Waals surface area contributed by atoms with Gasteiger partial charge in [0.25, 0.3) is 5.91 Å². The molecular formula is C14H10BrFN4O3S2. The van der Waals surface area contributed by atoms with E-state index >= 15 is 0 Å². The molecule has 1 aliphatic heterocycles. The average Bonchev–Trinajstić information content (AvgIpc) is 3.07. The van der Waals surface area contributed by atoms with Gasteiger partial charge in [-0.1, -0.05) is 0 Å². The van der Waals surface area contributed by atoms with E-state index in [1.54, 1.807) is 5.38 Å². The van der Waals surface area contributed by atoms with Gasteiger partial charge in [-0.3, -0.25) is 4.79 Å². The van der Waals surface area contributed by atoms with Crippen LogP contribution in [0, 0.1) is 5.82 Å². The molecule has 0 spiro atoms. The zero-order chi connectivity index (χ0) is 18.2. The van der Waals surface area contributed by atoms with Crippen LogP contribution in [0.3, 0.4) is 0 Å². The van der Waals surface area contributed by atoms with Gasteiger partial charge in [-0.2, -0.15) is 8.42 Å². The molecule has 25 heavy (non-hydrogen) atoms. The number of hydrogen-bond acceptors (Lipinski definition) is 5. The number of halogens is 2. The highest BCUT2D eigenvalue weighted by Gasteiger charge is 2.30. The summed E-state index contributed by atoms with van der Waals surface area (Å²) >= 11 is 4.23. The van der Waals surface area contributed by atoms with Crippen molar-refractivity contribution in [2.75, 3.05) is 12.4 Å². The summed E-state index contributed by atoms with van der Waals surface area (Å²) in [5, 5.41) is 4.59. The summed E-state index contributed by atoms with van der Waals surface area (Å²) in [4.78, 5) is 16.5. The fourth-order valence-electron chi connectivity index (χ4n) is 1.98. The van der Waals surface area contributed by atoms with Crippen molar-refractivity contribution >= 4 is 54.8 Å². The summed E-state index contributed by atoms with van der Waals surface area (Å²) in [6.45, 7) is 0. The third kappa shape index (κ3) is 3.62. The standard InChI is InChI=1S/C14H10BrFN4O3S2/c1-20-12(13(21)18-8-2-3-10(16)9(15)6-8)7-11(19-25(20,22)23)14-17-4-5-24-14/h2-7H,1H3,(H,18,21). The summed E-state index contributed by atoms with van der Waals surface area (Å²) in [5.74, 6) is -1.15. The molecule has 2 aromatic rings. The highest BCUT2D eigenvalue weighted by atomic mass is 79.9. The van der Waals surface area contributed by atoms with Crippen molar-refractivity contribution in [3.63, 3.8) is 0 Å². The molecule has 1 aliphatic rings. The van der Waals surface area contributed by atoms with Crippen molar-refractivity contribution in [1.82, 2.24) is 9.29 Å². The molecule has 0 radical (unpaired) electrons. The smallest absolute Gasteiger partial charge is 0.321 e. The molecule has 2 heterocycles. The van der Waals surface area contributed by atoms with E-state index in [-0.39, 0.29) is 15.9 Å². The summed E-state index contributed by atoms with van der Waals surface area (Å²) < 4.78 is 42.3. The lowest BCUT2D eigenvalue weighted by Crippen LogP contribution is -2.35. The molecule has 11 heteroatoms. The summed E-state index contributed by atoms with van der Waals surface area (Å²) in [6, 6.07) is 3.92. The number of allylic oxidation sites excluding steroid dienone is 1. The van der Waals surface area contributed by atoms with Gasteiger partial charge in [0.05, 0.1) is 4.47 Å². The molecule has 3 rings (SSSR count). The van der Waals surface area contributed by atoms with Crippen molar-refractivity contribution in [2.45, 2.75) is 0 Å². The molecule has 7 nitrogen and oxygen atoms in total. The molecule has 0 aliphatic carbocycles. The number of rotatable bonds is 3. The normalized spacial score (nSPS) is 16.2. The van der Waals surface area contributed by atoms with Crippen molar-refractivity contribution in [3.8, 4) is 0 Å². The minimum absolute atomic E-state index is 0.0820. The predicted molar refractivity (Wildman–Crippen MR) is 96.1 cm³/mol. The zero-order valence-electron chi connectivity index (χ0n) is 12.6. The van der Waals surface area contributed by atoms with E-state index in [0.29, 0.717) is 10.7 Å². The van der Waals surface area contributed by atoms with Gasteiger partial charge in [0, 0.05) is 24.3 Å². The Balaban J connectivity index is 1.94. The molecule has 1 aromatic heterocycles. The number of aromatic nitrogens is 1. The first-order valence-corrected chi connectivity index (χ1v) is 9.81. The second-order valence-electron chi connectivity index (χ2n) is 4.87. The largest absolute Gasteiger partial charge is 0.345 e. The highest BCUT2D eigenvalue weighted by molar-refractivity contribution is 9.10. The second kappa shape index (κ2) is 6.65. The van der Waals surface area contributed by atoms with Gasteiger partial charge in [0.15, 0.2) is 0 Å². The first kappa shape index (κ1) is 17.7. The van der Waals surface area contributed by atoms with Crippen LogP contribution in [-0.4, -0.2) is 36.4 Å². The van der Waals surface area contributed by atoms with E-state index in [4.69, 9.17) is 0 Å². The first-order chi connectivity index (χ1) is 11.8. The van der Waals surface area contributed by atoms with Crippen LogP contribution in [0.25, 0.3) is 0 Å². The Morgan fingerprint density at radius 3 is 2.80 bits per heavy atom. The van der Waals surface area contributed by atoms with E-state index < -0.39 is 21.9 Å². The van der Waals surface area contributed by atoms with E-state index in [0.717, 1.165) is 4.31 Å². The van der Waals surface area contributed by atoms with Crippen LogP contribution in [0.1, 0.15) is 5.01 Å². The van der Waals surface area contributed by atoms with Crippen molar-refractivity contribution in [1.29, 1.82) is 0 Å². The number of carbonyl (C=O) groups excluding carboxylic acids is 1. The number of likely N-dealkylation sites (N-methyl/N-ethyl adjacent to an activating group) is 1. The molecule has 0 bridgehead atoms. The van der Waals surface area contributed by atoms with Crippen molar-refractivity contribution < 1.29 is 17.6 Å². The van der Waals surface area contributed by atoms with Crippen molar-refractivity contribution in [2.24, 2.45) is 4.40 Å². The van der Waals surface area contributed by atoms with Crippen LogP contribution in [0.15, 0.2) is 50.4 Å². The molecular weight excluding hydrogens is 435 g/mol. The maximum atomic E-state index is 13.3. The van der Waals surface area contributed by atoms with Crippen LogP contribution in [0.5, 0.6) is 0 Å². The van der Waals surface area contributed by atoms with Gasteiger partial charge >= 0.3 is 10.2 Å². The Labute approximate surface area is 155 Å². The molecule has 0 atom stereocenters. The molecule has 0 fully saturated rings. The molecule has 0 unspecified atom stereocenters. The number of hydrogen-bond donors (Lipinski definition) is 1. The van der Waals surface area contributed by atoms with Gasteiger partial charge in [0.2, 0.25) is 0 Å². The van der Waals surface area contributed by atoms with Crippen LogP contribution in [0.2, 0.25) is 0 Å². The lowest BCUT2D eigenvalue weighted by atomic mass is 10.2. The van der Waals surface area contributed by atoms with Crippen molar-refractivity contribution in [3.05, 3.63) is 56.8 Å². The van der Waals surface area contributed by atoms with Gasteiger partial charge in [-0.05, 0) is 40.2 Å². The number of benzene rings is 1. The number of nitrogens with one attached hydrogen (secondary N) is 1. The lowest BCUT2D eigenvalue weighted by Gasteiger charge is -2.23. The number of carbonyl (C=O) groups is 1. The minimum Gasteiger partial charge on any atom is -0.321 e. The van der Waals surface area contributed by atoms with Gasteiger partial charge in [-0.25, -0.2) is 13.7 Å². The molecule has 1 N–H and O–H groups in total. The van der Waals surface area contributed by atoms with Crippen LogP contribution < -0.4 is 5.32 Å². The fourth-order valence-corrected chi connectivity index (χ4v) is 3.91. The average molecular weight is 445 g/mol. The van der Waals surface area contributed by atoms with E-state index in [9.17, 15) is 17.6 Å². The third-order valence-electron chi connectivity index (χ3n) is 3.23. The SMILES string of the molecule is CN1C(C(=O)Nc2ccc(F)c(Br)c2)=CC(c2nccs2)=NS1(=O)=O. The number of thiazole rings is 1. The first-order valence-electron chi connectivity index (χ1n) is 6.75. The number of anilines is 1. The Hall–Kier alpha value is -2.11.